The van der Waals surface area contributed by atoms with E-state index in [2.05, 4.69) is 10.3 Å². The van der Waals surface area contributed by atoms with Crippen LogP contribution in [0, 0.1) is 12.8 Å². The number of benzene rings is 1. The van der Waals surface area contributed by atoms with Gasteiger partial charge in [-0.1, -0.05) is 17.7 Å². The van der Waals surface area contributed by atoms with Gasteiger partial charge in [-0.25, -0.2) is 8.42 Å². The molecule has 2 aliphatic heterocycles. The Morgan fingerprint density at radius 1 is 1.09 bits per heavy atom. The highest BCUT2D eigenvalue weighted by Gasteiger charge is 2.34. The Kier molecular flexibility index (Phi) is 7.11. The van der Waals surface area contributed by atoms with Crippen LogP contribution < -0.4 is 5.32 Å². The van der Waals surface area contributed by atoms with Crippen LogP contribution in [0.25, 0.3) is 0 Å². The zero-order chi connectivity index (χ0) is 23.6. The molecule has 0 bridgehead atoms. The first-order valence-electron chi connectivity index (χ1n) is 11.3. The van der Waals surface area contributed by atoms with Gasteiger partial charge in [0.2, 0.25) is 15.9 Å². The minimum absolute atomic E-state index is 0.0468. The summed E-state index contributed by atoms with van der Waals surface area (Å²) in [5.74, 6) is -0.919. The second-order valence-corrected chi connectivity index (χ2v) is 11.1. The zero-order valence-electron chi connectivity index (χ0n) is 18.6. The van der Waals surface area contributed by atoms with E-state index in [-0.39, 0.29) is 28.9 Å². The van der Waals surface area contributed by atoms with Crippen LogP contribution in [0.2, 0.25) is 5.02 Å². The summed E-state index contributed by atoms with van der Waals surface area (Å²) in [4.78, 5) is 30.2. The molecule has 0 saturated carbocycles. The number of anilines is 1. The highest BCUT2D eigenvalue weighted by molar-refractivity contribution is 7.89. The average Bonchev–Trinajstić information content (AvgIpc) is 3.32. The number of piperidine rings is 2. The van der Waals surface area contributed by atoms with Crippen molar-refractivity contribution in [2.24, 2.45) is 5.92 Å². The highest BCUT2D eigenvalue weighted by atomic mass is 35.5. The standard InChI is InChI=1S/C23H29ClN4O4S/c1-16-7-8-20(19(24)12-16)26-22(29)17-6-5-11-28(15-17)33(31,32)18-13-21(25-14-18)23(30)27-9-3-2-4-10-27/h7-8,12-14,17,25H,2-6,9-11,15H2,1H3,(H,26,29)/t17-/m0/s1. The molecule has 10 heteroatoms. The van der Waals surface area contributed by atoms with Crippen LogP contribution in [0.1, 0.15) is 48.2 Å². The maximum atomic E-state index is 13.2. The SMILES string of the molecule is Cc1ccc(NC(=O)[C@H]2CCCN(S(=O)(=O)c3c[nH]c(C(=O)N4CCCCC4)c3)C2)c(Cl)c1. The van der Waals surface area contributed by atoms with Gasteiger partial charge >= 0.3 is 0 Å². The number of H-pyrrole nitrogens is 1. The van der Waals surface area contributed by atoms with Crippen molar-refractivity contribution in [2.75, 3.05) is 31.5 Å². The van der Waals surface area contributed by atoms with Crippen LogP contribution >= 0.6 is 11.6 Å². The number of aryl methyl sites for hydroxylation is 1. The van der Waals surface area contributed by atoms with Gasteiger partial charge in [-0.15, -0.1) is 0 Å². The van der Waals surface area contributed by atoms with Crippen molar-refractivity contribution in [3.63, 3.8) is 0 Å². The van der Waals surface area contributed by atoms with Gasteiger partial charge in [0.05, 0.1) is 16.6 Å². The number of nitrogens with one attached hydrogen (secondary N) is 2. The Morgan fingerprint density at radius 2 is 1.85 bits per heavy atom. The summed E-state index contributed by atoms with van der Waals surface area (Å²) in [6.45, 7) is 3.70. The van der Waals surface area contributed by atoms with E-state index < -0.39 is 15.9 Å². The molecule has 178 valence electrons. The quantitative estimate of drug-likeness (QED) is 0.665. The summed E-state index contributed by atoms with van der Waals surface area (Å²) < 4.78 is 27.8. The Labute approximate surface area is 199 Å². The number of carbonyl (C=O) groups is 2. The van der Waals surface area contributed by atoms with Crippen LogP contribution in [0.15, 0.2) is 35.4 Å². The van der Waals surface area contributed by atoms with E-state index in [1.807, 2.05) is 13.0 Å². The van der Waals surface area contributed by atoms with Crippen molar-refractivity contribution >= 4 is 39.1 Å². The number of sulfonamides is 1. The summed E-state index contributed by atoms with van der Waals surface area (Å²) in [6, 6.07) is 6.77. The second kappa shape index (κ2) is 9.87. The Balaban J connectivity index is 1.44. The average molecular weight is 493 g/mol. The first kappa shape index (κ1) is 23.8. The van der Waals surface area contributed by atoms with Gasteiger partial charge in [0.1, 0.15) is 10.6 Å². The zero-order valence-corrected chi connectivity index (χ0v) is 20.2. The van der Waals surface area contributed by atoms with Crippen LogP contribution in [0.5, 0.6) is 0 Å². The van der Waals surface area contributed by atoms with Crippen molar-refractivity contribution in [3.8, 4) is 0 Å². The molecule has 2 amide bonds. The molecular weight excluding hydrogens is 464 g/mol. The number of halogens is 1. The van der Waals surface area contributed by atoms with Crippen LogP contribution in [-0.4, -0.2) is 60.6 Å². The molecule has 2 aliphatic rings. The third-order valence-corrected chi connectivity index (χ3v) is 8.46. The smallest absolute Gasteiger partial charge is 0.270 e. The van der Waals surface area contributed by atoms with Crippen LogP contribution in [0.3, 0.4) is 0 Å². The van der Waals surface area contributed by atoms with Gasteiger partial charge in [-0.3, -0.25) is 9.59 Å². The summed E-state index contributed by atoms with van der Waals surface area (Å²) in [5.41, 5.74) is 1.77. The molecular formula is C23H29ClN4O4S. The number of carbonyl (C=O) groups excluding carboxylic acids is 2. The van der Waals surface area contributed by atoms with Crippen LogP contribution in [0.4, 0.5) is 5.69 Å². The lowest BCUT2D eigenvalue weighted by molar-refractivity contribution is -0.120. The minimum Gasteiger partial charge on any atom is -0.356 e. The third-order valence-electron chi connectivity index (χ3n) is 6.31. The number of rotatable bonds is 5. The molecule has 0 radical (unpaired) electrons. The number of amides is 2. The summed E-state index contributed by atoms with van der Waals surface area (Å²) in [7, 11) is -3.83. The molecule has 2 saturated heterocycles. The second-order valence-electron chi connectivity index (χ2n) is 8.78. The number of nitrogens with zero attached hydrogens (tertiary/aromatic N) is 2. The predicted molar refractivity (Wildman–Crippen MR) is 127 cm³/mol. The lowest BCUT2D eigenvalue weighted by Gasteiger charge is -2.31. The molecule has 0 aliphatic carbocycles. The van der Waals surface area contributed by atoms with Gasteiger partial charge in [-0.05, 0) is 62.8 Å². The Bertz CT molecular complexity index is 1140. The molecule has 1 atom stereocenters. The summed E-state index contributed by atoms with van der Waals surface area (Å²) in [5, 5.41) is 3.27. The topological polar surface area (TPSA) is 103 Å². The minimum atomic E-state index is -3.83. The van der Waals surface area contributed by atoms with Gasteiger partial charge in [0, 0.05) is 32.4 Å². The molecule has 1 aromatic carbocycles. The first-order chi connectivity index (χ1) is 15.8. The number of hydrogen-bond acceptors (Lipinski definition) is 4. The fraction of sp³-hybridized carbons (Fsp3) is 0.478. The molecule has 3 heterocycles. The molecule has 4 rings (SSSR count). The molecule has 2 N–H and O–H groups in total. The van der Waals surface area contributed by atoms with E-state index in [1.165, 1.54) is 16.6 Å². The number of aromatic amines is 1. The first-order valence-corrected chi connectivity index (χ1v) is 13.1. The molecule has 33 heavy (non-hydrogen) atoms. The Morgan fingerprint density at radius 3 is 2.58 bits per heavy atom. The largest absolute Gasteiger partial charge is 0.356 e. The monoisotopic (exact) mass is 492 g/mol. The van der Waals surface area contributed by atoms with E-state index in [0.717, 1.165) is 24.8 Å². The van der Waals surface area contributed by atoms with Crippen LogP contribution in [-0.2, 0) is 14.8 Å². The third kappa shape index (κ3) is 5.26. The van der Waals surface area contributed by atoms with Gasteiger partial charge in [0.25, 0.3) is 5.91 Å². The molecule has 1 aromatic heterocycles. The van der Waals surface area contributed by atoms with E-state index in [9.17, 15) is 18.0 Å². The lowest BCUT2D eigenvalue weighted by Crippen LogP contribution is -2.43. The van der Waals surface area contributed by atoms with Crippen molar-refractivity contribution in [1.29, 1.82) is 0 Å². The number of hydrogen-bond donors (Lipinski definition) is 2. The lowest BCUT2D eigenvalue weighted by atomic mass is 9.98. The molecule has 0 spiro atoms. The van der Waals surface area contributed by atoms with Crippen molar-refractivity contribution in [3.05, 3.63) is 46.7 Å². The van der Waals surface area contributed by atoms with E-state index in [1.54, 1.807) is 17.0 Å². The summed E-state index contributed by atoms with van der Waals surface area (Å²) >= 11 is 6.22. The van der Waals surface area contributed by atoms with Gasteiger partial charge < -0.3 is 15.2 Å². The maximum absolute atomic E-state index is 13.2. The molecule has 0 unspecified atom stereocenters. The molecule has 2 aromatic rings. The maximum Gasteiger partial charge on any atom is 0.270 e. The van der Waals surface area contributed by atoms with Crippen molar-refractivity contribution in [1.82, 2.24) is 14.2 Å². The molecule has 8 nitrogen and oxygen atoms in total. The van der Waals surface area contributed by atoms with E-state index in [4.69, 9.17) is 11.6 Å². The van der Waals surface area contributed by atoms with E-state index >= 15 is 0 Å². The fourth-order valence-corrected chi connectivity index (χ4v) is 6.20. The number of likely N-dealkylation sites (tertiary alicyclic amines) is 1. The van der Waals surface area contributed by atoms with Gasteiger partial charge in [-0.2, -0.15) is 4.31 Å². The van der Waals surface area contributed by atoms with Crippen molar-refractivity contribution < 1.29 is 18.0 Å². The number of aromatic nitrogens is 1. The Hall–Kier alpha value is -2.36. The normalized spacial score (nSPS) is 19.9. The summed E-state index contributed by atoms with van der Waals surface area (Å²) in [6.07, 6.45) is 5.55. The fourth-order valence-electron chi connectivity index (χ4n) is 4.39. The van der Waals surface area contributed by atoms with E-state index in [0.29, 0.717) is 43.2 Å². The molecule has 2 fully saturated rings. The van der Waals surface area contributed by atoms with Gasteiger partial charge in [0.15, 0.2) is 0 Å². The predicted octanol–water partition coefficient (Wildman–Crippen LogP) is 3.64. The van der Waals surface area contributed by atoms with Crippen molar-refractivity contribution in [2.45, 2.75) is 43.9 Å². The highest BCUT2D eigenvalue weighted by Crippen LogP contribution is 2.28.